The molecule has 1 N–H and O–H groups in total. The molecule has 2 rings (SSSR count). The van der Waals surface area contributed by atoms with Crippen LogP contribution in [0.4, 0.5) is 4.39 Å². The fraction of sp³-hybridized carbons (Fsp3) is 0.750. The maximum absolute atomic E-state index is 13.0. The number of carbonyl (C=O) groups is 2. The first-order valence-electron chi connectivity index (χ1n) is 4.19. The van der Waals surface area contributed by atoms with Gasteiger partial charge in [-0.05, 0) is 0 Å². The summed E-state index contributed by atoms with van der Waals surface area (Å²) in [6.07, 6.45) is -1.19. The topological polar surface area (TPSA) is 57.6 Å². The van der Waals surface area contributed by atoms with Gasteiger partial charge in [-0.25, -0.2) is 4.39 Å². The quantitative estimate of drug-likeness (QED) is 0.619. The van der Waals surface area contributed by atoms with E-state index >= 15 is 0 Å². The fourth-order valence-electron chi connectivity index (χ4n) is 2.27. The van der Waals surface area contributed by atoms with Crippen molar-refractivity contribution in [3.05, 3.63) is 0 Å². The first-order chi connectivity index (χ1) is 6.04. The van der Waals surface area contributed by atoms with Gasteiger partial charge in [0.1, 0.15) is 17.5 Å². The molecule has 4 nitrogen and oxygen atoms in total. The van der Waals surface area contributed by atoms with Crippen molar-refractivity contribution < 1.29 is 19.1 Å². The highest BCUT2D eigenvalue weighted by atomic mass is 19.1. The standard InChI is InChI=1S/C8H10FNO3/c9-5-1-8(7(12)13)2-6(11)4-10(8)3-5/h5H,1-4H2,(H,12,13)/t5-,8+/m1/s1. The van der Waals surface area contributed by atoms with Crippen LogP contribution in [0.15, 0.2) is 0 Å². The summed E-state index contributed by atoms with van der Waals surface area (Å²) in [5.41, 5.74) is -1.23. The molecule has 0 aromatic rings. The number of nitrogens with zero attached hydrogens (tertiary/aromatic N) is 1. The zero-order chi connectivity index (χ0) is 9.64. The zero-order valence-corrected chi connectivity index (χ0v) is 6.99. The van der Waals surface area contributed by atoms with E-state index in [0.717, 1.165) is 0 Å². The summed E-state index contributed by atoms with van der Waals surface area (Å²) in [4.78, 5) is 23.4. The van der Waals surface area contributed by atoms with E-state index in [1.807, 2.05) is 0 Å². The molecular weight excluding hydrogens is 177 g/mol. The molecule has 0 amide bonds. The largest absolute Gasteiger partial charge is 0.480 e. The van der Waals surface area contributed by atoms with Crippen LogP contribution in [0.25, 0.3) is 0 Å². The smallest absolute Gasteiger partial charge is 0.324 e. The van der Waals surface area contributed by atoms with Crippen LogP contribution < -0.4 is 0 Å². The third-order valence-electron chi connectivity index (χ3n) is 2.84. The van der Waals surface area contributed by atoms with Gasteiger partial charge < -0.3 is 5.11 Å². The summed E-state index contributed by atoms with van der Waals surface area (Å²) in [5.74, 6) is -1.17. The zero-order valence-electron chi connectivity index (χ0n) is 6.99. The molecule has 72 valence electrons. The Morgan fingerprint density at radius 2 is 2.38 bits per heavy atom. The average Bonchev–Trinajstić information content (AvgIpc) is 2.40. The number of carbonyl (C=O) groups excluding carboxylic acids is 1. The molecule has 2 heterocycles. The SMILES string of the molecule is O=C1CN2C[C@H](F)C[C@@]2(C(=O)O)C1. The van der Waals surface area contributed by atoms with Crippen LogP contribution >= 0.6 is 0 Å². The lowest BCUT2D eigenvalue weighted by atomic mass is 9.94. The Hall–Kier alpha value is -0.970. The van der Waals surface area contributed by atoms with E-state index in [0.29, 0.717) is 0 Å². The molecule has 0 bridgehead atoms. The Bertz CT molecular complexity index is 281. The van der Waals surface area contributed by atoms with E-state index in [4.69, 9.17) is 5.11 Å². The highest BCUT2D eigenvalue weighted by Crippen LogP contribution is 2.38. The summed E-state index contributed by atoms with van der Waals surface area (Å²) < 4.78 is 13.0. The molecule has 0 aromatic carbocycles. The first kappa shape index (κ1) is 8.62. The van der Waals surface area contributed by atoms with Crippen molar-refractivity contribution in [2.45, 2.75) is 24.6 Å². The Kier molecular flexibility index (Phi) is 1.66. The lowest BCUT2D eigenvalue weighted by Crippen LogP contribution is -2.45. The lowest BCUT2D eigenvalue weighted by molar-refractivity contribution is -0.148. The van der Waals surface area contributed by atoms with Gasteiger partial charge in [-0.3, -0.25) is 14.5 Å². The van der Waals surface area contributed by atoms with Crippen molar-refractivity contribution in [1.82, 2.24) is 4.90 Å². The van der Waals surface area contributed by atoms with Crippen LogP contribution in [0.2, 0.25) is 0 Å². The summed E-state index contributed by atoms with van der Waals surface area (Å²) in [6.45, 7) is 0.171. The summed E-state index contributed by atoms with van der Waals surface area (Å²) in [5, 5.41) is 8.95. The van der Waals surface area contributed by atoms with Crippen LogP contribution in [-0.4, -0.2) is 46.6 Å². The van der Waals surface area contributed by atoms with Crippen molar-refractivity contribution in [3.63, 3.8) is 0 Å². The van der Waals surface area contributed by atoms with Gasteiger partial charge in [-0.2, -0.15) is 0 Å². The minimum Gasteiger partial charge on any atom is -0.480 e. The molecule has 2 aliphatic rings. The Morgan fingerprint density at radius 1 is 1.69 bits per heavy atom. The predicted octanol–water partition coefficient (Wildman–Crippen LogP) is -0.174. The molecule has 2 fully saturated rings. The molecule has 0 aromatic heterocycles. The molecule has 0 unspecified atom stereocenters. The van der Waals surface area contributed by atoms with Crippen molar-refractivity contribution in [2.24, 2.45) is 0 Å². The summed E-state index contributed by atoms with van der Waals surface area (Å²) >= 11 is 0. The maximum atomic E-state index is 13.0. The Morgan fingerprint density at radius 3 is 2.92 bits per heavy atom. The summed E-state index contributed by atoms with van der Waals surface area (Å²) in [7, 11) is 0. The van der Waals surface area contributed by atoms with E-state index in [-0.39, 0.29) is 31.7 Å². The fourth-order valence-corrected chi connectivity index (χ4v) is 2.27. The number of Topliss-reactive ketones (excluding diaryl/α,β-unsaturated/α-hetero) is 1. The molecule has 0 radical (unpaired) electrons. The number of hydrogen-bond acceptors (Lipinski definition) is 3. The summed E-state index contributed by atoms with van der Waals surface area (Å²) in [6, 6.07) is 0. The molecule has 0 aliphatic carbocycles. The number of fused-ring (bicyclic) bond motifs is 1. The van der Waals surface area contributed by atoms with Crippen molar-refractivity contribution in [1.29, 1.82) is 0 Å². The van der Waals surface area contributed by atoms with Crippen LogP contribution in [0, 0.1) is 0 Å². The van der Waals surface area contributed by atoms with Gasteiger partial charge in [0, 0.05) is 19.4 Å². The van der Waals surface area contributed by atoms with E-state index in [9.17, 15) is 14.0 Å². The lowest BCUT2D eigenvalue weighted by Gasteiger charge is -2.24. The van der Waals surface area contributed by atoms with Gasteiger partial charge in [0.15, 0.2) is 0 Å². The number of carboxylic acids is 1. The molecule has 2 aliphatic heterocycles. The third-order valence-corrected chi connectivity index (χ3v) is 2.84. The second-order valence-electron chi connectivity index (χ2n) is 3.73. The number of aliphatic carboxylic acids is 1. The van der Waals surface area contributed by atoms with Gasteiger partial charge in [0.25, 0.3) is 0 Å². The molecule has 2 atom stereocenters. The molecular formula is C8H10FNO3. The molecule has 2 saturated heterocycles. The van der Waals surface area contributed by atoms with E-state index in [2.05, 4.69) is 0 Å². The second-order valence-corrected chi connectivity index (χ2v) is 3.73. The van der Waals surface area contributed by atoms with Crippen molar-refractivity contribution in [3.8, 4) is 0 Å². The van der Waals surface area contributed by atoms with E-state index in [1.165, 1.54) is 4.90 Å². The van der Waals surface area contributed by atoms with Crippen LogP contribution in [0.3, 0.4) is 0 Å². The number of hydrogen-bond donors (Lipinski definition) is 1. The van der Waals surface area contributed by atoms with Crippen LogP contribution in [0.5, 0.6) is 0 Å². The molecule has 5 heteroatoms. The third kappa shape index (κ3) is 1.07. The number of ketones is 1. The van der Waals surface area contributed by atoms with Gasteiger partial charge in [0.05, 0.1) is 6.54 Å². The van der Waals surface area contributed by atoms with Gasteiger partial charge in [0.2, 0.25) is 0 Å². The first-order valence-corrected chi connectivity index (χ1v) is 4.19. The second kappa shape index (κ2) is 2.51. The number of rotatable bonds is 1. The van der Waals surface area contributed by atoms with E-state index in [1.54, 1.807) is 0 Å². The maximum Gasteiger partial charge on any atom is 0.324 e. The minimum absolute atomic E-state index is 0.0389. The Labute approximate surface area is 74.3 Å². The monoisotopic (exact) mass is 187 g/mol. The number of halogens is 1. The average molecular weight is 187 g/mol. The van der Waals surface area contributed by atoms with Gasteiger partial charge >= 0.3 is 5.97 Å². The predicted molar refractivity (Wildman–Crippen MR) is 41.1 cm³/mol. The highest BCUT2D eigenvalue weighted by Gasteiger charge is 2.57. The van der Waals surface area contributed by atoms with Crippen molar-refractivity contribution in [2.75, 3.05) is 13.1 Å². The number of carboxylic acid groups (broad SMARTS) is 1. The van der Waals surface area contributed by atoms with Crippen LogP contribution in [0.1, 0.15) is 12.8 Å². The van der Waals surface area contributed by atoms with Gasteiger partial charge in [-0.1, -0.05) is 0 Å². The minimum atomic E-state index is -1.23. The van der Waals surface area contributed by atoms with E-state index < -0.39 is 17.7 Å². The van der Waals surface area contributed by atoms with Crippen LogP contribution in [-0.2, 0) is 9.59 Å². The molecule has 0 saturated carbocycles. The molecule has 13 heavy (non-hydrogen) atoms. The Balaban J connectivity index is 2.31. The van der Waals surface area contributed by atoms with Crippen molar-refractivity contribution >= 4 is 11.8 Å². The highest BCUT2D eigenvalue weighted by molar-refractivity contribution is 5.94. The molecule has 0 spiro atoms. The number of alkyl halides is 1. The normalized spacial score (nSPS) is 39.5. The van der Waals surface area contributed by atoms with Gasteiger partial charge in [-0.15, -0.1) is 0 Å².